The van der Waals surface area contributed by atoms with E-state index in [0.29, 0.717) is 6.54 Å². The van der Waals surface area contributed by atoms with Crippen LogP contribution in [0.3, 0.4) is 0 Å². The lowest BCUT2D eigenvalue weighted by Gasteiger charge is -2.12. The zero-order chi connectivity index (χ0) is 11.8. The molecule has 0 bridgehead atoms. The van der Waals surface area contributed by atoms with E-state index in [1.165, 1.54) is 0 Å². The number of carbonyl (C=O) groups excluding carboxylic acids is 1. The molecular weight excluding hydrogens is 334 g/mol. The molecule has 2 rings (SSSR count). The van der Waals surface area contributed by atoms with Crippen LogP contribution in [0, 0.1) is 5.41 Å². The molecule has 0 radical (unpaired) electrons. The average molecular weight is 347 g/mol. The van der Waals surface area contributed by atoms with Gasteiger partial charge >= 0.3 is 0 Å². The first kappa shape index (κ1) is 12.1. The van der Waals surface area contributed by atoms with Gasteiger partial charge in [-0.2, -0.15) is 0 Å². The third kappa shape index (κ3) is 2.18. The van der Waals surface area contributed by atoms with E-state index in [1.54, 1.807) is 0 Å². The van der Waals surface area contributed by atoms with E-state index >= 15 is 0 Å². The van der Waals surface area contributed by atoms with Crippen molar-refractivity contribution in [2.45, 2.75) is 23.1 Å². The Hall–Kier alpha value is -0.350. The maximum Gasteiger partial charge on any atom is 0.228 e. The highest BCUT2D eigenvalue weighted by molar-refractivity contribution is 9.25. The van der Waals surface area contributed by atoms with Crippen molar-refractivity contribution in [3.63, 3.8) is 0 Å². The minimum absolute atomic E-state index is 0.0881. The van der Waals surface area contributed by atoms with Crippen molar-refractivity contribution in [2.75, 3.05) is 0 Å². The van der Waals surface area contributed by atoms with Gasteiger partial charge in [0.15, 0.2) is 0 Å². The highest BCUT2D eigenvalue weighted by Crippen LogP contribution is 2.66. The van der Waals surface area contributed by atoms with Gasteiger partial charge in [-0.3, -0.25) is 4.79 Å². The van der Waals surface area contributed by atoms with Crippen molar-refractivity contribution in [2.24, 2.45) is 5.41 Å². The Balaban J connectivity index is 1.91. The van der Waals surface area contributed by atoms with Gasteiger partial charge in [-0.25, -0.2) is 0 Å². The second kappa shape index (κ2) is 4.15. The number of rotatable bonds is 3. The van der Waals surface area contributed by atoms with Crippen molar-refractivity contribution in [3.8, 4) is 0 Å². The lowest BCUT2D eigenvalue weighted by atomic mass is 10.1. The third-order valence-electron chi connectivity index (χ3n) is 3.05. The quantitative estimate of drug-likeness (QED) is 0.836. The smallest absolute Gasteiger partial charge is 0.228 e. The van der Waals surface area contributed by atoms with Crippen molar-refractivity contribution in [1.29, 1.82) is 0 Å². The molecular formula is C12H13Br2NO. The molecule has 1 fully saturated rings. The number of alkyl halides is 2. The van der Waals surface area contributed by atoms with Crippen LogP contribution < -0.4 is 5.32 Å². The predicted molar refractivity (Wildman–Crippen MR) is 71.6 cm³/mol. The summed E-state index contributed by atoms with van der Waals surface area (Å²) in [6.45, 7) is 2.54. The lowest BCUT2D eigenvalue weighted by Crippen LogP contribution is -2.32. The van der Waals surface area contributed by atoms with Crippen molar-refractivity contribution < 1.29 is 4.79 Å². The normalized spacial score (nSPS) is 26.2. The van der Waals surface area contributed by atoms with Crippen LogP contribution in [0.15, 0.2) is 30.3 Å². The van der Waals surface area contributed by atoms with E-state index in [1.807, 2.05) is 37.3 Å². The fourth-order valence-corrected chi connectivity index (χ4v) is 3.10. The summed E-state index contributed by atoms with van der Waals surface area (Å²) in [6.07, 6.45) is 0.820. The maximum absolute atomic E-state index is 11.9. The summed E-state index contributed by atoms with van der Waals surface area (Å²) in [5, 5.41) is 2.96. The zero-order valence-corrected chi connectivity index (χ0v) is 12.1. The summed E-state index contributed by atoms with van der Waals surface area (Å²) in [7, 11) is 0. The molecule has 1 aliphatic rings. The summed E-state index contributed by atoms with van der Waals surface area (Å²) in [4.78, 5) is 11.9. The number of benzene rings is 1. The second-order valence-electron chi connectivity index (χ2n) is 4.38. The summed E-state index contributed by atoms with van der Waals surface area (Å²) < 4.78 is -0.215. The minimum Gasteiger partial charge on any atom is -0.351 e. The van der Waals surface area contributed by atoms with Crippen LogP contribution >= 0.6 is 31.9 Å². The fourth-order valence-electron chi connectivity index (χ4n) is 1.62. The van der Waals surface area contributed by atoms with Gasteiger partial charge in [0, 0.05) is 6.54 Å². The Morgan fingerprint density at radius 3 is 2.44 bits per heavy atom. The molecule has 1 aromatic rings. The predicted octanol–water partition coefficient (Wildman–Crippen LogP) is 3.20. The molecule has 0 spiro atoms. The molecule has 1 unspecified atom stereocenters. The van der Waals surface area contributed by atoms with E-state index in [9.17, 15) is 4.79 Å². The lowest BCUT2D eigenvalue weighted by molar-refractivity contribution is -0.125. The summed E-state index contributed by atoms with van der Waals surface area (Å²) in [5.74, 6) is 0.0881. The maximum atomic E-state index is 11.9. The van der Waals surface area contributed by atoms with Gasteiger partial charge in [0.2, 0.25) is 5.91 Å². The largest absolute Gasteiger partial charge is 0.351 e. The first-order valence-corrected chi connectivity index (χ1v) is 6.74. The van der Waals surface area contributed by atoms with E-state index in [2.05, 4.69) is 37.2 Å². The highest BCUT2D eigenvalue weighted by Gasteiger charge is 2.66. The molecule has 4 heteroatoms. The SMILES string of the molecule is CC1(C(=O)NCc2ccccc2)CC1(Br)Br. The van der Waals surface area contributed by atoms with Crippen molar-refractivity contribution >= 4 is 37.8 Å². The number of halogens is 2. The van der Waals surface area contributed by atoms with Crippen LogP contribution in [-0.4, -0.2) is 9.14 Å². The van der Waals surface area contributed by atoms with E-state index < -0.39 is 0 Å². The van der Waals surface area contributed by atoms with Gasteiger partial charge in [0.05, 0.1) is 8.65 Å². The molecule has 0 aliphatic heterocycles. The molecule has 0 aromatic heterocycles. The Labute approximate surface area is 112 Å². The Kier molecular flexibility index (Phi) is 3.14. The molecule has 1 aromatic carbocycles. The average Bonchev–Trinajstić information content (AvgIpc) is 2.78. The van der Waals surface area contributed by atoms with Gasteiger partial charge in [-0.1, -0.05) is 62.2 Å². The number of nitrogens with one attached hydrogen (secondary N) is 1. The number of amides is 1. The topological polar surface area (TPSA) is 29.1 Å². The molecule has 16 heavy (non-hydrogen) atoms. The summed E-state index contributed by atoms with van der Waals surface area (Å²) in [5.41, 5.74) is 0.789. The number of hydrogen-bond acceptors (Lipinski definition) is 1. The molecule has 0 heterocycles. The van der Waals surface area contributed by atoms with Crippen molar-refractivity contribution in [1.82, 2.24) is 5.32 Å². The summed E-state index contributed by atoms with van der Waals surface area (Å²) in [6, 6.07) is 9.92. The standard InChI is InChI=1S/C12H13Br2NO/c1-11(8-12(11,13)14)10(16)15-7-9-5-3-2-4-6-9/h2-6H,7-8H2,1H3,(H,15,16). The molecule has 2 nitrogen and oxygen atoms in total. The molecule has 1 amide bonds. The van der Waals surface area contributed by atoms with Crippen LogP contribution in [0.2, 0.25) is 0 Å². The number of hydrogen-bond donors (Lipinski definition) is 1. The molecule has 1 saturated carbocycles. The first-order valence-electron chi connectivity index (χ1n) is 5.16. The van der Waals surface area contributed by atoms with E-state index in [4.69, 9.17) is 0 Å². The Bertz CT molecular complexity index is 405. The first-order chi connectivity index (χ1) is 7.46. The van der Waals surface area contributed by atoms with Crippen LogP contribution in [0.4, 0.5) is 0 Å². The van der Waals surface area contributed by atoms with Crippen LogP contribution in [0.25, 0.3) is 0 Å². The van der Waals surface area contributed by atoms with Crippen molar-refractivity contribution in [3.05, 3.63) is 35.9 Å². The molecule has 1 aliphatic carbocycles. The highest BCUT2D eigenvalue weighted by atomic mass is 79.9. The van der Waals surface area contributed by atoms with E-state index in [0.717, 1.165) is 12.0 Å². The Morgan fingerprint density at radius 2 is 1.94 bits per heavy atom. The van der Waals surface area contributed by atoms with E-state index in [-0.39, 0.29) is 14.6 Å². The van der Waals surface area contributed by atoms with Crippen LogP contribution in [0.1, 0.15) is 18.9 Å². The molecule has 86 valence electrons. The molecule has 0 saturated heterocycles. The van der Waals surface area contributed by atoms with Crippen LogP contribution in [-0.2, 0) is 11.3 Å². The van der Waals surface area contributed by atoms with Gasteiger partial charge in [-0.15, -0.1) is 0 Å². The Morgan fingerprint density at radius 1 is 1.38 bits per heavy atom. The summed E-state index contributed by atoms with van der Waals surface area (Å²) >= 11 is 6.98. The van der Waals surface area contributed by atoms with Gasteiger partial charge < -0.3 is 5.32 Å². The molecule has 1 N–H and O–H groups in total. The fraction of sp³-hybridized carbons (Fsp3) is 0.417. The number of carbonyl (C=O) groups is 1. The van der Waals surface area contributed by atoms with Gasteiger partial charge in [0.1, 0.15) is 0 Å². The minimum atomic E-state index is -0.332. The van der Waals surface area contributed by atoms with Gasteiger partial charge in [-0.05, 0) is 18.9 Å². The second-order valence-corrected chi connectivity index (χ2v) is 8.15. The molecule has 1 atom stereocenters. The van der Waals surface area contributed by atoms with Crippen LogP contribution in [0.5, 0.6) is 0 Å². The zero-order valence-electron chi connectivity index (χ0n) is 8.97. The monoisotopic (exact) mass is 345 g/mol. The third-order valence-corrected chi connectivity index (χ3v) is 5.37. The van der Waals surface area contributed by atoms with Gasteiger partial charge in [0.25, 0.3) is 0 Å².